The van der Waals surface area contributed by atoms with Gasteiger partial charge >= 0.3 is 0 Å². The first kappa shape index (κ1) is 10.9. The van der Waals surface area contributed by atoms with Crippen molar-refractivity contribution >= 4 is 5.91 Å². The number of hydrogen-bond acceptors (Lipinski definition) is 2. The molecular formula is C11H19FN2O. The maximum Gasteiger partial charge on any atom is 0.239 e. The van der Waals surface area contributed by atoms with Gasteiger partial charge in [0.15, 0.2) is 0 Å². The molecule has 15 heavy (non-hydrogen) atoms. The van der Waals surface area contributed by atoms with Gasteiger partial charge < -0.3 is 10.2 Å². The minimum Gasteiger partial charge on any atom is -0.341 e. The second-order valence-corrected chi connectivity index (χ2v) is 4.60. The number of rotatable bonds is 2. The third kappa shape index (κ3) is 2.48. The Balaban J connectivity index is 1.85. The van der Waals surface area contributed by atoms with Gasteiger partial charge in [-0.15, -0.1) is 0 Å². The lowest BCUT2D eigenvalue weighted by Gasteiger charge is -2.27. The third-order valence-corrected chi connectivity index (χ3v) is 3.42. The smallest absolute Gasteiger partial charge is 0.239 e. The molecule has 2 fully saturated rings. The molecule has 2 saturated heterocycles. The Morgan fingerprint density at radius 2 is 2.27 bits per heavy atom. The molecule has 0 saturated carbocycles. The van der Waals surface area contributed by atoms with Gasteiger partial charge in [-0.25, -0.2) is 0 Å². The highest BCUT2D eigenvalue weighted by molar-refractivity contribution is 5.82. The lowest BCUT2D eigenvalue weighted by molar-refractivity contribution is -0.133. The molecule has 0 aromatic carbocycles. The normalized spacial score (nSPS) is 31.9. The van der Waals surface area contributed by atoms with Crippen molar-refractivity contribution in [1.29, 1.82) is 0 Å². The molecule has 0 aliphatic carbocycles. The Morgan fingerprint density at radius 1 is 1.40 bits per heavy atom. The van der Waals surface area contributed by atoms with E-state index < -0.39 is 0 Å². The third-order valence-electron chi connectivity index (χ3n) is 3.42. The lowest BCUT2D eigenvalue weighted by atomic mass is 10.0. The molecule has 0 unspecified atom stereocenters. The van der Waals surface area contributed by atoms with Crippen LogP contribution in [0.1, 0.15) is 25.7 Å². The van der Waals surface area contributed by atoms with Crippen LogP contribution in [0.25, 0.3) is 0 Å². The van der Waals surface area contributed by atoms with Crippen molar-refractivity contribution < 1.29 is 9.18 Å². The van der Waals surface area contributed by atoms with Gasteiger partial charge in [-0.3, -0.25) is 9.18 Å². The minimum absolute atomic E-state index is 0.00267. The van der Waals surface area contributed by atoms with Crippen LogP contribution >= 0.6 is 0 Å². The average molecular weight is 214 g/mol. The van der Waals surface area contributed by atoms with Crippen LogP contribution in [0.5, 0.6) is 0 Å². The van der Waals surface area contributed by atoms with Crippen molar-refractivity contribution in [3.05, 3.63) is 0 Å². The summed E-state index contributed by atoms with van der Waals surface area (Å²) >= 11 is 0. The van der Waals surface area contributed by atoms with Crippen LogP contribution in [0.4, 0.5) is 4.39 Å². The van der Waals surface area contributed by atoms with Gasteiger partial charge in [-0.1, -0.05) is 6.42 Å². The van der Waals surface area contributed by atoms with Crippen LogP contribution in [0.2, 0.25) is 0 Å². The molecule has 0 aromatic rings. The van der Waals surface area contributed by atoms with E-state index in [0.29, 0.717) is 6.54 Å². The standard InChI is InChI=1S/C11H19FN2O/c12-7-9-4-6-14(8-9)11(15)10-3-1-2-5-13-10/h9-10,13H,1-8H2/t9-,10-/m0/s1. The summed E-state index contributed by atoms with van der Waals surface area (Å²) in [4.78, 5) is 13.8. The van der Waals surface area contributed by atoms with Crippen LogP contribution in [0, 0.1) is 5.92 Å². The number of alkyl halides is 1. The number of nitrogens with one attached hydrogen (secondary N) is 1. The summed E-state index contributed by atoms with van der Waals surface area (Å²) in [5, 5.41) is 3.24. The number of hydrogen-bond donors (Lipinski definition) is 1. The fourth-order valence-corrected chi connectivity index (χ4v) is 2.44. The molecule has 1 amide bonds. The highest BCUT2D eigenvalue weighted by Crippen LogP contribution is 2.19. The fourth-order valence-electron chi connectivity index (χ4n) is 2.44. The summed E-state index contributed by atoms with van der Waals surface area (Å²) in [5.41, 5.74) is 0. The zero-order valence-corrected chi connectivity index (χ0v) is 9.04. The van der Waals surface area contributed by atoms with Gasteiger partial charge in [-0.2, -0.15) is 0 Å². The van der Waals surface area contributed by atoms with Crippen LogP contribution in [-0.2, 0) is 4.79 Å². The second-order valence-electron chi connectivity index (χ2n) is 4.60. The molecule has 0 spiro atoms. The zero-order chi connectivity index (χ0) is 10.7. The SMILES string of the molecule is O=C([C@@H]1CCCCN1)N1CC[C@@H](CF)C1. The van der Waals surface area contributed by atoms with Gasteiger partial charge in [-0.05, 0) is 25.8 Å². The largest absolute Gasteiger partial charge is 0.341 e. The average Bonchev–Trinajstić information content (AvgIpc) is 2.78. The molecule has 2 aliphatic heterocycles. The first-order valence-corrected chi connectivity index (χ1v) is 5.89. The van der Waals surface area contributed by atoms with E-state index in [1.165, 1.54) is 0 Å². The summed E-state index contributed by atoms with van der Waals surface area (Å²) in [6.45, 7) is 2.01. The number of carbonyl (C=O) groups is 1. The Bertz CT molecular complexity index is 229. The maximum absolute atomic E-state index is 12.4. The van der Waals surface area contributed by atoms with Crippen LogP contribution in [-0.4, -0.2) is 43.2 Å². The van der Waals surface area contributed by atoms with E-state index in [9.17, 15) is 9.18 Å². The van der Waals surface area contributed by atoms with E-state index >= 15 is 0 Å². The van der Waals surface area contributed by atoms with Crippen molar-refractivity contribution in [3.8, 4) is 0 Å². The van der Waals surface area contributed by atoms with Gasteiger partial charge in [0.2, 0.25) is 5.91 Å². The molecule has 2 aliphatic rings. The second kappa shape index (κ2) is 4.92. The highest BCUT2D eigenvalue weighted by Gasteiger charge is 2.31. The number of amides is 1. The summed E-state index contributed by atoms with van der Waals surface area (Å²) in [5.74, 6) is 0.267. The minimum atomic E-state index is -0.290. The van der Waals surface area contributed by atoms with Crippen molar-refractivity contribution in [2.75, 3.05) is 26.3 Å². The Morgan fingerprint density at radius 3 is 2.87 bits per heavy atom. The molecule has 0 bridgehead atoms. The number of carbonyl (C=O) groups excluding carboxylic acids is 1. The van der Waals surface area contributed by atoms with E-state index in [1.807, 2.05) is 4.90 Å². The zero-order valence-electron chi connectivity index (χ0n) is 9.04. The summed E-state index contributed by atoms with van der Waals surface area (Å²) in [7, 11) is 0. The molecule has 1 N–H and O–H groups in total. The molecule has 2 atom stereocenters. The summed E-state index contributed by atoms with van der Waals surface area (Å²) < 4.78 is 12.4. The molecular weight excluding hydrogens is 195 g/mol. The molecule has 0 aromatic heterocycles. The van der Waals surface area contributed by atoms with Gasteiger partial charge in [0.25, 0.3) is 0 Å². The van der Waals surface area contributed by atoms with Crippen LogP contribution in [0.15, 0.2) is 0 Å². The first-order chi connectivity index (χ1) is 7.31. The van der Waals surface area contributed by atoms with Gasteiger partial charge in [0.1, 0.15) is 0 Å². The Labute approximate surface area is 90.0 Å². The molecule has 4 heteroatoms. The molecule has 3 nitrogen and oxygen atoms in total. The fraction of sp³-hybridized carbons (Fsp3) is 0.909. The molecule has 2 heterocycles. The Hall–Kier alpha value is -0.640. The molecule has 86 valence electrons. The maximum atomic E-state index is 12.4. The number of nitrogens with zero attached hydrogens (tertiary/aromatic N) is 1. The van der Waals surface area contributed by atoms with Crippen molar-refractivity contribution in [2.45, 2.75) is 31.7 Å². The van der Waals surface area contributed by atoms with E-state index in [2.05, 4.69) is 5.32 Å². The summed E-state index contributed by atoms with van der Waals surface area (Å²) in [6, 6.07) is -0.00267. The van der Waals surface area contributed by atoms with Crippen LogP contribution in [0.3, 0.4) is 0 Å². The van der Waals surface area contributed by atoms with Crippen molar-refractivity contribution in [3.63, 3.8) is 0 Å². The first-order valence-electron chi connectivity index (χ1n) is 5.89. The quantitative estimate of drug-likeness (QED) is 0.742. The summed E-state index contributed by atoms with van der Waals surface area (Å²) in [6.07, 6.45) is 4.06. The van der Waals surface area contributed by atoms with Gasteiger partial charge in [0, 0.05) is 19.0 Å². The predicted molar refractivity (Wildman–Crippen MR) is 56.3 cm³/mol. The molecule has 0 radical (unpaired) electrons. The Kier molecular flexibility index (Phi) is 3.57. The van der Waals surface area contributed by atoms with E-state index in [-0.39, 0.29) is 24.5 Å². The topological polar surface area (TPSA) is 32.3 Å². The van der Waals surface area contributed by atoms with E-state index in [4.69, 9.17) is 0 Å². The lowest BCUT2D eigenvalue weighted by Crippen LogP contribution is -2.47. The van der Waals surface area contributed by atoms with E-state index in [1.54, 1.807) is 0 Å². The van der Waals surface area contributed by atoms with Crippen LogP contribution < -0.4 is 5.32 Å². The van der Waals surface area contributed by atoms with E-state index in [0.717, 1.165) is 38.8 Å². The van der Waals surface area contributed by atoms with Gasteiger partial charge in [0.05, 0.1) is 12.7 Å². The predicted octanol–water partition coefficient (Wildman–Crippen LogP) is 0.946. The highest BCUT2D eigenvalue weighted by atomic mass is 19.1. The number of piperidine rings is 1. The number of halogens is 1. The molecule has 2 rings (SSSR count). The monoisotopic (exact) mass is 214 g/mol. The number of likely N-dealkylation sites (tertiary alicyclic amines) is 1. The van der Waals surface area contributed by atoms with Crippen molar-refractivity contribution in [1.82, 2.24) is 10.2 Å². The van der Waals surface area contributed by atoms with Crippen molar-refractivity contribution in [2.24, 2.45) is 5.92 Å².